The van der Waals surface area contributed by atoms with Gasteiger partial charge in [-0.15, -0.1) is 71.3 Å². The number of rotatable bonds is 5. The molecule has 3 heterocycles. The van der Waals surface area contributed by atoms with Crippen molar-refractivity contribution in [2.45, 2.75) is 33.6 Å². The zero-order chi connectivity index (χ0) is 33.7. The van der Waals surface area contributed by atoms with Gasteiger partial charge in [0.25, 0.3) is 0 Å². The van der Waals surface area contributed by atoms with Crippen molar-refractivity contribution >= 4 is 21.7 Å². The van der Waals surface area contributed by atoms with E-state index < -0.39 is 0 Å². The Hall–Kier alpha value is -5.28. The predicted octanol–water partition coefficient (Wildman–Crippen LogP) is 11.9. The van der Waals surface area contributed by atoms with E-state index >= 15 is 0 Å². The molecule has 3 nitrogen and oxygen atoms in total. The normalized spacial score (nSPS) is 10.8. The fraction of sp³-hybridized carbons (Fsp3) is 0.109. The summed E-state index contributed by atoms with van der Waals surface area (Å²) in [5.41, 5.74) is 13.8. The van der Waals surface area contributed by atoms with Crippen molar-refractivity contribution in [1.82, 2.24) is 15.0 Å². The molecule has 5 aromatic carbocycles. The molecule has 0 atom stereocenters. The van der Waals surface area contributed by atoms with Crippen LogP contribution in [0.15, 0.2) is 146 Å². The Bertz CT molecular complexity index is 2330. The molecule has 0 fully saturated rings. The molecule has 0 bridgehead atoms. The van der Waals surface area contributed by atoms with Crippen molar-refractivity contribution in [1.29, 1.82) is 0 Å². The summed E-state index contributed by atoms with van der Waals surface area (Å²) >= 11 is 0. The van der Waals surface area contributed by atoms with Crippen LogP contribution in [0.1, 0.15) is 36.5 Å². The zero-order valence-corrected chi connectivity index (χ0v) is 31.0. The molecular weight excluding hydrogens is 787 g/mol. The quantitative estimate of drug-likeness (QED) is 0.128. The first-order chi connectivity index (χ1) is 24.0. The second-order valence-electron chi connectivity index (χ2n) is 12.6. The minimum Gasteiger partial charge on any atom is -0.305 e. The van der Waals surface area contributed by atoms with Crippen molar-refractivity contribution in [2.75, 3.05) is 0 Å². The summed E-state index contributed by atoms with van der Waals surface area (Å²) in [6.07, 6.45) is 5.50. The maximum Gasteiger partial charge on any atom is 0.0714 e. The van der Waals surface area contributed by atoms with Crippen LogP contribution >= 0.6 is 0 Å². The molecule has 0 aliphatic rings. The van der Waals surface area contributed by atoms with Crippen LogP contribution in [0.3, 0.4) is 0 Å². The molecule has 0 aliphatic carbocycles. The number of fused-ring (bicyclic) bond motifs is 3. The molecule has 247 valence electrons. The maximum absolute atomic E-state index is 4.74. The van der Waals surface area contributed by atoms with Gasteiger partial charge < -0.3 is 9.97 Å². The van der Waals surface area contributed by atoms with E-state index in [1.54, 1.807) is 6.20 Å². The Balaban J connectivity index is 0.000000281. The van der Waals surface area contributed by atoms with Gasteiger partial charge in [0.2, 0.25) is 0 Å². The van der Waals surface area contributed by atoms with E-state index in [2.05, 4.69) is 104 Å². The molecule has 0 saturated carbocycles. The number of pyridine rings is 3. The standard InChI is InChI=1S/C35H29N2.C11H8N.Ir/c1-22(2)25-14-16-29-30-11-8-18-37-34(30)21-32(31(29)20-25)28-15-13-23(3)35(24(28)4)27-10-7-9-26(19-27)33-12-5-6-17-36-33;1-2-6-10(7-3-1)11-8-4-5-9-12-11;/h5-8,10-22H,1-4H3;1-6,8-9H;/q2*-1;. The molecule has 0 amide bonds. The Morgan fingerprint density at radius 1 is 0.540 bits per heavy atom. The van der Waals surface area contributed by atoms with Gasteiger partial charge >= 0.3 is 0 Å². The molecule has 1 radical (unpaired) electrons. The van der Waals surface area contributed by atoms with E-state index in [-0.39, 0.29) is 20.1 Å². The molecule has 0 unspecified atom stereocenters. The third-order valence-corrected chi connectivity index (χ3v) is 9.05. The molecule has 3 aromatic heterocycles. The van der Waals surface area contributed by atoms with Crippen molar-refractivity contribution in [3.05, 3.63) is 175 Å². The number of nitrogens with zero attached hydrogens (tertiary/aromatic N) is 3. The molecular formula is C46H37IrN3-2. The van der Waals surface area contributed by atoms with Crippen molar-refractivity contribution < 1.29 is 20.1 Å². The van der Waals surface area contributed by atoms with E-state index in [0.29, 0.717) is 5.92 Å². The van der Waals surface area contributed by atoms with E-state index in [9.17, 15) is 0 Å². The summed E-state index contributed by atoms with van der Waals surface area (Å²) in [5.74, 6) is 0.460. The van der Waals surface area contributed by atoms with Gasteiger partial charge in [-0.2, -0.15) is 0 Å². The third kappa shape index (κ3) is 7.19. The van der Waals surface area contributed by atoms with Crippen LogP contribution in [-0.4, -0.2) is 15.0 Å². The van der Waals surface area contributed by atoms with Crippen LogP contribution in [0.4, 0.5) is 0 Å². The van der Waals surface area contributed by atoms with E-state index in [4.69, 9.17) is 4.98 Å². The van der Waals surface area contributed by atoms with Crippen LogP contribution in [0.25, 0.3) is 66.4 Å². The van der Waals surface area contributed by atoms with Gasteiger partial charge in [-0.25, -0.2) is 0 Å². The first kappa shape index (κ1) is 34.6. The molecule has 8 aromatic rings. The fourth-order valence-electron chi connectivity index (χ4n) is 6.53. The summed E-state index contributed by atoms with van der Waals surface area (Å²) < 4.78 is 0. The maximum atomic E-state index is 4.74. The van der Waals surface area contributed by atoms with Gasteiger partial charge in [0.15, 0.2) is 0 Å². The second kappa shape index (κ2) is 15.5. The van der Waals surface area contributed by atoms with E-state index in [0.717, 1.165) is 28.0 Å². The Kier molecular flexibility index (Phi) is 10.7. The van der Waals surface area contributed by atoms with Gasteiger partial charge in [0, 0.05) is 44.1 Å². The summed E-state index contributed by atoms with van der Waals surface area (Å²) in [5, 5.41) is 3.72. The van der Waals surface area contributed by atoms with Gasteiger partial charge in [0.1, 0.15) is 0 Å². The topological polar surface area (TPSA) is 38.7 Å². The van der Waals surface area contributed by atoms with Crippen molar-refractivity contribution in [2.24, 2.45) is 0 Å². The van der Waals surface area contributed by atoms with Crippen LogP contribution in [0.2, 0.25) is 0 Å². The summed E-state index contributed by atoms with van der Waals surface area (Å²) in [6, 6.07) is 50.4. The average Bonchev–Trinajstić information content (AvgIpc) is 3.16. The van der Waals surface area contributed by atoms with E-state index in [1.165, 1.54) is 55.1 Å². The molecule has 0 aliphatic heterocycles. The number of hydrogen-bond donors (Lipinski definition) is 0. The number of aromatic nitrogens is 3. The predicted molar refractivity (Wildman–Crippen MR) is 204 cm³/mol. The van der Waals surface area contributed by atoms with Crippen molar-refractivity contribution in [3.8, 4) is 44.8 Å². The van der Waals surface area contributed by atoms with Crippen LogP contribution in [0.5, 0.6) is 0 Å². The first-order valence-corrected chi connectivity index (χ1v) is 16.7. The molecule has 0 spiro atoms. The van der Waals surface area contributed by atoms with Gasteiger partial charge in [-0.1, -0.05) is 74.5 Å². The number of aryl methyl sites for hydroxylation is 1. The molecule has 0 N–H and O–H groups in total. The van der Waals surface area contributed by atoms with Crippen LogP contribution in [0, 0.1) is 26.0 Å². The van der Waals surface area contributed by atoms with Gasteiger partial charge in [-0.3, -0.25) is 4.98 Å². The summed E-state index contributed by atoms with van der Waals surface area (Å²) in [7, 11) is 0. The summed E-state index contributed by atoms with van der Waals surface area (Å²) in [4.78, 5) is 13.5. The van der Waals surface area contributed by atoms with Crippen LogP contribution < -0.4 is 0 Å². The van der Waals surface area contributed by atoms with Gasteiger partial charge in [0.05, 0.1) is 5.52 Å². The number of hydrogen-bond acceptors (Lipinski definition) is 3. The van der Waals surface area contributed by atoms with E-state index in [1.807, 2.05) is 85.2 Å². The SMILES string of the molecule is Cc1ccc(-c2cc3ncccc3c3ccc(C(C)C)cc23)c(C)c1-c1cc[c-]c(-c2ccccn2)c1.[Ir].[c-]1ccccc1-c1ccccn1. The fourth-order valence-corrected chi connectivity index (χ4v) is 6.53. The zero-order valence-electron chi connectivity index (χ0n) is 28.6. The average molecular weight is 824 g/mol. The number of benzene rings is 5. The Morgan fingerprint density at radius 2 is 1.26 bits per heavy atom. The first-order valence-electron chi connectivity index (χ1n) is 16.7. The molecule has 4 heteroatoms. The molecule has 0 saturated heterocycles. The van der Waals surface area contributed by atoms with Gasteiger partial charge in [-0.05, 0) is 99.6 Å². The largest absolute Gasteiger partial charge is 0.305 e. The van der Waals surface area contributed by atoms with Crippen LogP contribution in [-0.2, 0) is 20.1 Å². The monoisotopic (exact) mass is 824 g/mol. The minimum absolute atomic E-state index is 0. The molecule has 8 rings (SSSR count). The molecule has 50 heavy (non-hydrogen) atoms. The smallest absolute Gasteiger partial charge is 0.0714 e. The second-order valence-corrected chi connectivity index (χ2v) is 12.6. The third-order valence-electron chi connectivity index (χ3n) is 9.05. The Labute approximate surface area is 308 Å². The Morgan fingerprint density at radius 3 is 1.96 bits per heavy atom. The summed E-state index contributed by atoms with van der Waals surface area (Å²) in [6.45, 7) is 8.95. The van der Waals surface area contributed by atoms with Crippen molar-refractivity contribution in [3.63, 3.8) is 0 Å². The minimum atomic E-state index is 0.